The van der Waals surface area contributed by atoms with Gasteiger partial charge in [-0.3, -0.25) is 0 Å². The average molecular weight is 2040 g/mol. The molecule has 0 aliphatic rings. The maximum atomic E-state index is 11.0. The van der Waals surface area contributed by atoms with Crippen molar-refractivity contribution in [1.82, 2.24) is 44.9 Å². The van der Waals surface area contributed by atoms with E-state index in [2.05, 4.69) is 41.5 Å². The van der Waals surface area contributed by atoms with Crippen LogP contribution in [0.3, 0.4) is 0 Å². The third-order valence-electron chi connectivity index (χ3n) is 25.4. The zero-order valence-electron chi connectivity index (χ0n) is 88.7. The number of rotatable bonds is 51. The van der Waals surface area contributed by atoms with Crippen molar-refractivity contribution in [2.75, 3.05) is 105 Å². The topological polar surface area (TPSA) is 343 Å². The second-order valence-electron chi connectivity index (χ2n) is 35.2. The first kappa shape index (κ1) is 111. The van der Waals surface area contributed by atoms with E-state index in [1.54, 1.807) is 115 Å². The van der Waals surface area contributed by atoms with E-state index in [-0.39, 0.29) is 34.7 Å². The lowest BCUT2D eigenvalue weighted by Crippen LogP contribution is -2.11. The summed E-state index contributed by atoms with van der Waals surface area (Å²) >= 11 is 0. The number of benzene rings is 12. The van der Waals surface area contributed by atoms with Crippen LogP contribution in [-0.4, -0.2) is 165 Å². The van der Waals surface area contributed by atoms with Crippen molar-refractivity contribution in [2.45, 2.75) is 138 Å². The van der Waals surface area contributed by atoms with E-state index < -0.39 is 0 Å². The summed E-state index contributed by atoms with van der Waals surface area (Å²) in [5.41, 5.74) is 8.56. The number of aromatic hydroxyl groups is 3. The molecule has 30 heteroatoms. The smallest absolute Gasteiger partial charge is 0.204 e. The van der Waals surface area contributed by atoms with Gasteiger partial charge in [-0.2, -0.15) is 0 Å². The van der Waals surface area contributed by atoms with Gasteiger partial charge >= 0.3 is 0 Å². The molecule has 0 amide bonds. The first-order valence-electron chi connectivity index (χ1n) is 50.4. The first-order chi connectivity index (χ1) is 73.3. The van der Waals surface area contributed by atoms with E-state index >= 15 is 0 Å². The fraction of sp³-hybridized carbons (Fsp3) is 0.325. The van der Waals surface area contributed by atoms with E-state index in [1.165, 1.54) is 42.7 Å². The monoisotopic (exact) mass is 2040 g/mol. The van der Waals surface area contributed by atoms with Crippen LogP contribution < -0.4 is 85.3 Å². The number of phenolic OH excluding ortho intramolecular Hbond substituents is 3. The largest absolute Gasteiger partial charge is 0.504 e. The maximum absolute atomic E-state index is 11.0. The lowest BCUT2D eigenvalue weighted by atomic mass is 10.0. The highest BCUT2D eigenvalue weighted by atomic mass is 16.6. The van der Waals surface area contributed by atoms with Crippen LogP contribution >= 0.6 is 0 Å². The van der Waals surface area contributed by atoms with Crippen molar-refractivity contribution in [3.63, 3.8) is 0 Å². The number of hydrogen-bond acceptors (Lipinski definition) is 30. The highest BCUT2D eigenvalue weighted by molar-refractivity contribution is 5.81. The van der Waals surface area contributed by atoms with Crippen molar-refractivity contribution in [1.29, 1.82) is 0 Å². The first-order valence-corrected chi connectivity index (χ1v) is 50.4. The Balaban J connectivity index is 0.000000189. The third-order valence-corrected chi connectivity index (χ3v) is 25.4. The molecule has 3 aromatic heterocycles. The van der Waals surface area contributed by atoms with Crippen LogP contribution in [-0.2, 0) is 19.8 Å². The average Bonchev–Trinajstić information content (AvgIpc) is 0.759. The lowest BCUT2D eigenvalue weighted by Gasteiger charge is -2.18. The molecule has 3 atom stereocenters. The summed E-state index contributed by atoms with van der Waals surface area (Å²) in [6.07, 6.45) is 13.1. The van der Waals surface area contributed by atoms with Gasteiger partial charge in [-0.15, -0.1) is 0 Å². The normalized spacial score (nSPS) is 11.5. The Morgan fingerprint density at radius 2 is 0.420 bits per heavy atom. The molecular weight excluding hydrogens is 1900 g/mol. The molecule has 150 heavy (non-hydrogen) atoms. The zero-order chi connectivity index (χ0) is 106. The van der Waals surface area contributed by atoms with Crippen LogP contribution in [0.1, 0.15) is 135 Å². The van der Waals surface area contributed by atoms with Crippen LogP contribution in [0.25, 0.3) is 102 Å². The maximum Gasteiger partial charge on any atom is 0.204 e. The van der Waals surface area contributed by atoms with Crippen molar-refractivity contribution in [3.05, 3.63) is 253 Å². The predicted octanol–water partition coefficient (Wildman–Crippen LogP) is 26.4. The molecule has 0 saturated heterocycles. The van der Waals surface area contributed by atoms with Gasteiger partial charge in [0.2, 0.25) is 17.2 Å². The zero-order valence-corrected chi connectivity index (χ0v) is 88.7. The van der Waals surface area contributed by atoms with Gasteiger partial charge < -0.3 is 101 Å². The third kappa shape index (κ3) is 28.4. The van der Waals surface area contributed by atoms with Gasteiger partial charge in [-0.25, -0.2) is 44.9 Å². The second-order valence-corrected chi connectivity index (χ2v) is 35.2. The molecule has 3 unspecified atom stereocenters. The van der Waals surface area contributed by atoms with Crippen LogP contribution in [0.15, 0.2) is 237 Å². The van der Waals surface area contributed by atoms with Gasteiger partial charge in [0.1, 0.15) is 19.8 Å². The van der Waals surface area contributed by atoms with Crippen LogP contribution in [0.5, 0.6) is 121 Å². The summed E-state index contributed by atoms with van der Waals surface area (Å²) in [7, 11) is 18.6. The standard InChI is InChI=1S/C45H39N3O6.C45H63N3O6.C30H33N3O9/c1-49-40-25-34(19-22-37(40)52-28-31-13-7-4-8-14-31)43-46-44(35-20-23-38(41(26-35)50-2)53-29-32-15-9-5-10-16-32)48-45(47-43)36-21-24-39(42(27-36)51-3)54-30-33-17-11-6-12-18-33;1-7-13-16-31(10-4)28-52-40-22-19-34(25-37(40)49)43-46-44(35-20-23-41(38(50)26-35)53-29-32(11-5)17-14-8-2)48-45(47-43)36-21-24-42(39(51)27-36)54-30-33(12-6)18-15-9-3;1-34-19-13-10-16(22(37-4)25(19)40-7)28-31-29(17-11-14-20(35-2)26(41-8)23(17)38-5)33-30(32-28)18-12-15-21(36-3)27(42-9)24(18)39-6/h4-27H,28-30H2,1-3H3;19-27,31-33,49-51H,7-18,28-30H2,1-6H3;10-15H,1-9H3. The molecule has 3 heterocycles. The summed E-state index contributed by atoms with van der Waals surface area (Å²) in [5.74, 6) is 12.7. The van der Waals surface area contributed by atoms with E-state index in [0.717, 1.165) is 93.7 Å². The molecule has 15 aromatic rings. The minimum atomic E-state index is -0.00621. The van der Waals surface area contributed by atoms with Crippen molar-refractivity contribution in [3.8, 4) is 223 Å². The molecule has 0 aliphatic heterocycles. The molecule has 0 saturated carbocycles. The number of phenols is 3. The molecule has 3 N–H and O–H groups in total. The van der Waals surface area contributed by atoms with Crippen LogP contribution in [0.4, 0.5) is 0 Å². The Hall–Kier alpha value is -16.5. The van der Waals surface area contributed by atoms with Crippen LogP contribution in [0.2, 0.25) is 0 Å². The van der Waals surface area contributed by atoms with Crippen LogP contribution in [0, 0.1) is 17.8 Å². The Labute approximate surface area is 878 Å². The highest BCUT2D eigenvalue weighted by Gasteiger charge is 2.30. The fourth-order valence-electron chi connectivity index (χ4n) is 16.7. The number of unbranched alkanes of at least 4 members (excludes halogenated alkanes) is 3. The molecule has 0 aliphatic carbocycles. The molecule has 0 fully saturated rings. The number of aromatic nitrogens is 9. The summed E-state index contributed by atoms with van der Waals surface area (Å²) in [6.45, 7) is 15.8. The summed E-state index contributed by atoms with van der Waals surface area (Å²) < 4.78 is 104. The fourth-order valence-corrected chi connectivity index (χ4v) is 16.7. The molecule has 15 rings (SSSR count). The van der Waals surface area contributed by atoms with Gasteiger partial charge in [0, 0.05) is 33.4 Å². The SMILES string of the molecule is CCCCC(CC)COc1ccc(-c2nc(-c3ccc(OCC(CC)CCCC)c(O)c3)nc(-c3ccc(OCC(CC)CCCC)c(O)c3)n2)cc1O.COc1cc(-c2nc(-c3ccc(OCc4ccccc4)c(OC)c3)nc(-c3ccc(OCc4ccccc4)c(OC)c3)n2)ccc1OCc1ccccc1.COc1ccc(-c2nc(-c3ccc(OC)c(OC)c3OC)nc(-c3ccc(OC)c(OC)c3OC)n2)c(OC)c1OC. The van der Waals surface area contributed by atoms with E-state index in [4.69, 9.17) is 130 Å². The minimum Gasteiger partial charge on any atom is -0.504 e. The lowest BCUT2D eigenvalue weighted by molar-refractivity contribution is 0.225. The quantitative estimate of drug-likeness (QED) is 0.0319. The molecule has 0 spiro atoms. The molecular formula is C120H135N9O21. The molecule has 0 radical (unpaired) electrons. The minimum absolute atomic E-state index is 0.00621. The predicted molar refractivity (Wildman–Crippen MR) is 581 cm³/mol. The van der Waals surface area contributed by atoms with E-state index in [9.17, 15) is 15.3 Å². The molecule has 12 aromatic carbocycles. The van der Waals surface area contributed by atoms with E-state index in [1.807, 2.05) is 164 Å². The number of methoxy groups -OCH3 is 12. The van der Waals surface area contributed by atoms with Crippen molar-refractivity contribution in [2.24, 2.45) is 17.8 Å². The summed E-state index contributed by atoms with van der Waals surface area (Å²) in [4.78, 5) is 43.7. The molecule has 0 bridgehead atoms. The van der Waals surface area contributed by atoms with Gasteiger partial charge in [0.25, 0.3) is 0 Å². The van der Waals surface area contributed by atoms with Gasteiger partial charge in [0.05, 0.1) is 122 Å². The highest BCUT2D eigenvalue weighted by Crippen LogP contribution is 2.50. The Morgan fingerprint density at radius 3 is 0.627 bits per heavy atom. The van der Waals surface area contributed by atoms with Crippen molar-refractivity contribution >= 4 is 0 Å². The molecule has 786 valence electrons. The van der Waals surface area contributed by atoms with Gasteiger partial charge in [-0.05, 0) is 199 Å². The summed E-state index contributed by atoms with van der Waals surface area (Å²) in [5, 5.41) is 33.1. The van der Waals surface area contributed by atoms with Gasteiger partial charge in [0.15, 0.2) is 156 Å². The molecule has 30 nitrogen and oxygen atoms in total. The van der Waals surface area contributed by atoms with Crippen molar-refractivity contribution < 1.29 is 101 Å². The Morgan fingerprint density at radius 1 is 0.207 bits per heavy atom. The Bertz CT molecular complexity index is 6210. The number of hydrogen-bond donors (Lipinski definition) is 3. The van der Waals surface area contributed by atoms with E-state index in [0.29, 0.717) is 246 Å². The number of ether oxygens (including phenoxy) is 18. The summed E-state index contributed by atoms with van der Waals surface area (Å²) in [6, 6.07) is 72.9. The second kappa shape index (κ2) is 55.9. The Kier molecular flexibility index (Phi) is 41.2. The van der Waals surface area contributed by atoms with Gasteiger partial charge in [-0.1, -0.05) is 190 Å². The number of nitrogens with zero attached hydrogens (tertiary/aromatic N) is 9.